The molecular weight excluding hydrogens is 384 g/mol. The van der Waals surface area contributed by atoms with Gasteiger partial charge in [0.15, 0.2) is 5.78 Å². The third-order valence-corrected chi connectivity index (χ3v) is 5.33. The van der Waals surface area contributed by atoms with Crippen LogP contribution in [0.15, 0.2) is 23.4 Å². The molecule has 0 unspecified atom stereocenters. The van der Waals surface area contributed by atoms with Gasteiger partial charge in [0.2, 0.25) is 5.91 Å². The van der Waals surface area contributed by atoms with Crippen LogP contribution in [0.25, 0.3) is 0 Å². The zero-order chi connectivity index (χ0) is 21.5. The molecule has 154 valence electrons. The van der Waals surface area contributed by atoms with Crippen LogP contribution in [0.4, 0.5) is 5.69 Å². The van der Waals surface area contributed by atoms with E-state index in [1.165, 1.54) is 20.3 Å². The summed E-state index contributed by atoms with van der Waals surface area (Å²) in [6, 6.07) is 2.35. The number of esters is 1. The number of rotatable bonds is 4. The first-order chi connectivity index (χ1) is 13.7. The van der Waals surface area contributed by atoms with Crippen LogP contribution in [0.2, 0.25) is 0 Å². The highest BCUT2D eigenvalue weighted by Crippen LogP contribution is 2.45. The number of hydrogen-bond acceptors (Lipinski definition) is 8. The highest BCUT2D eigenvalue weighted by molar-refractivity contribution is 6.11. The van der Waals surface area contributed by atoms with E-state index in [4.69, 9.17) is 9.47 Å². The molecule has 0 saturated heterocycles. The van der Waals surface area contributed by atoms with E-state index in [0.29, 0.717) is 5.70 Å². The lowest BCUT2D eigenvalue weighted by atomic mass is 9.70. The maximum absolute atomic E-state index is 13.2. The van der Waals surface area contributed by atoms with Crippen LogP contribution >= 0.6 is 0 Å². The second kappa shape index (κ2) is 7.53. The number of nitro benzene ring substituents is 1. The Kier molecular flexibility index (Phi) is 5.27. The fraction of sp³-hybridized carbons (Fsp3) is 0.421. The van der Waals surface area contributed by atoms with Crippen molar-refractivity contribution in [2.75, 3.05) is 14.2 Å². The average Bonchev–Trinajstić information content (AvgIpc) is 2.66. The standard InChI is InChI=1S/C19H20N2O8/c1-8-4-11-16(18(24)15(8)19(25)29-3)10(7-14(22)20-11)9-5-12(21(26)27)17(23)13(6-9)28-2/h5-6,8,10,15,23H,4,7H2,1-3H3,(H,20,22)/p-1/t8-,10+,15+/m0/s1. The van der Waals surface area contributed by atoms with Crippen LogP contribution in [0.5, 0.6) is 11.5 Å². The maximum atomic E-state index is 13.2. The predicted octanol–water partition coefficient (Wildman–Crippen LogP) is 0.933. The van der Waals surface area contributed by atoms with Gasteiger partial charge in [0.1, 0.15) is 11.7 Å². The molecule has 2 aliphatic rings. The second-order valence-corrected chi connectivity index (χ2v) is 7.07. The number of allylic oxidation sites excluding steroid dienone is 2. The summed E-state index contributed by atoms with van der Waals surface area (Å²) in [7, 11) is 2.39. The minimum Gasteiger partial charge on any atom is -0.865 e. The first-order valence-corrected chi connectivity index (χ1v) is 8.87. The van der Waals surface area contributed by atoms with Crippen molar-refractivity contribution in [2.24, 2.45) is 11.8 Å². The number of methoxy groups -OCH3 is 2. The Bertz CT molecular complexity index is 952. The summed E-state index contributed by atoms with van der Waals surface area (Å²) in [5.74, 6) is -4.97. The van der Waals surface area contributed by atoms with E-state index >= 15 is 0 Å². The van der Waals surface area contributed by atoms with Gasteiger partial charge in [-0.3, -0.25) is 24.5 Å². The molecule has 10 heteroatoms. The summed E-state index contributed by atoms with van der Waals surface area (Å²) in [5, 5.41) is 26.1. The topological polar surface area (TPSA) is 148 Å². The van der Waals surface area contributed by atoms with Gasteiger partial charge in [-0.1, -0.05) is 6.92 Å². The largest absolute Gasteiger partial charge is 0.865 e. The Labute approximate surface area is 165 Å². The van der Waals surface area contributed by atoms with Crippen LogP contribution in [0.1, 0.15) is 31.2 Å². The van der Waals surface area contributed by atoms with Crippen LogP contribution < -0.4 is 15.2 Å². The van der Waals surface area contributed by atoms with E-state index < -0.39 is 39.9 Å². The molecule has 0 fully saturated rings. The van der Waals surface area contributed by atoms with E-state index in [1.807, 2.05) is 0 Å². The van der Waals surface area contributed by atoms with Gasteiger partial charge in [0, 0.05) is 35.4 Å². The summed E-state index contributed by atoms with van der Waals surface area (Å²) in [5.41, 5.74) is 0.0977. The quantitative estimate of drug-likeness (QED) is 0.338. The molecule has 1 amide bonds. The van der Waals surface area contributed by atoms with Gasteiger partial charge in [-0.05, 0) is 24.0 Å². The maximum Gasteiger partial charge on any atom is 0.316 e. The fourth-order valence-electron chi connectivity index (χ4n) is 3.98. The number of benzene rings is 1. The molecule has 0 spiro atoms. The molecule has 0 bridgehead atoms. The molecular formula is C19H19N2O8-. The van der Waals surface area contributed by atoms with Crippen LogP contribution in [-0.4, -0.2) is 36.8 Å². The van der Waals surface area contributed by atoms with Crippen molar-refractivity contribution in [3.05, 3.63) is 39.1 Å². The van der Waals surface area contributed by atoms with Crippen molar-refractivity contribution < 1.29 is 33.9 Å². The van der Waals surface area contributed by atoms with Crippen LogP contribution in [-0.2, 0) is 19.1 Å². The number of ketones is 1. The van der Waals surface area contributed by atoms with E-state index in [-0.39, 0.29) is 41.6 Å². The number of nitrogens with zero attached hydrogens (tertiary/aromatic N) is 1. The fourth-order valence-corrected chi connectivity index (χ4v) is 3.98. The summed E-state index contributed by atoms with van der Waals surface area (Å²) in [4.78, 5) is 48.0. The van der Waals surface area contributed by atoms with Gasteiger partial charge in [-0.25, -0.2) is 0 Å². The lowest BCUT2D eigenvalue weighted by molar-refractivity contribution is -0.398. The van der Waals surface area contributed by atoms with E-state index in [2.05, 4.69) is 5.32 Å². The molecule has 0 radical (unpaired) electrons. The second-order valence-electron chi connectivity index (χ2n) is 7.07. The van der Waals surface area contributed by atoms with Crippen molar-refractivity contribution in [1.29, 1.82) is 0 Å². The molecule has 29 heavy (non-hydrogen) atoms. The first kappa shape index (κ1) is 20.3. The number of carbonyl (C=O) groups excluding carboxylic acids is 3. The molecule has 0 aromatic heterocycles. The third kappa shape index (κ3) is 3.41. The van der Waals surface area contributed by atoms with Gasteiger partial charge >= 0.3 is 5.97 Å². The van der Waals surface area contributed by atoms with Crippen molar-refractivity contribution in [2.45, 2.75) is 25.7 Å². The zero-order valence-electron chi connectivity index (χ0n) is 16.0. The number of nitro groups is 1. The van der Waals surface area contributed by atoms with E-state index in [1.54, 1.807) is 6.92 Å². The SMILES string of the molecule is COC(=O)[C@H]1C(=O)C2=C(C[C@@H]1C)NC(=O)C[C@@H]2c1cc(OC)c([O-])c([N+](=O)[O-])c1. The van der Waals surface area contributed by atoms with Crippen molar-refractivity contribution in [3.8, 4) is 11.5 Å². The molecule has 1 aromatic rings. The molecule has 3 rings (SSSR count). The monoisotopic (exact) mass is 403 g/mol. The van der Waals surface area contributed by atoms with Gasteiger partial charge in [-0.15, -0.1) is 0 Å². The van der Waals surface area contributed by atoms with Gasteiger partial charge < -0.3 is 19.9 Å². The highest BCUT2D eigenvalue weighted by atomic mass is 16.6. The lowest BCUT2D eigenvalue weighted by Crippen LogP contribution is -2.44. The Morgan fingerprint density at radius 2 is 1.93 bits per heavy atom. The average molecular weight is 403 g/mol. The number of carbonyl (C=O) groups is 3. The minimum atomic E-state index is -1.04. The number of Topliss-reactive ketones (excluding diaryl/α,β-unsaturated/α-hetero) is 1. The highest BCUT2D eigenvalue weighted by Gasteiger charge is 2.45. The van der Waals surface area contributed by atoms with Crippen molar-refractivity contribution in [1.82, 2.24) is 5.32 Å². The Morgan fingerprint density at radius 1 is 1.24 bits per heavy atom. The van der Waals surface area contributed by atoms with Gasteiger partial charge in [0.25, 0.3) is 5.69 Å². The number of hydrogen-bond donors (Lipinski definition) is 1. The molecule has 3 atom stereocenters. The molecule has 0 saturated carbocycles. The van der Waals surface area contributed by atoms with Crippen molar-refractivity contribution in [3.63, 3.8) is 0 Å². The molecule has 1 aliphatic carbocycles. The molecule has 1 aromatic carbocycles. The Balaban J connectivity index is 2.17. The minimum absolute atomic E-state index is 0.161. The van der Waals surface area contributed by atoms with Gasteiger partial charge in [0.05, 0.1) is 19.1 Å². The van der Waals surface area contributed by atoms with Gasteiger partial charge in [-0.2, -0.15) is 0 Å². The Hall–Kier alpha value is -3.43. The summed E-state index contributed by atoms with van der Waals surface area (Å²) < 4.78 is 9.71. The Morgan fingerprint density at radius 3 is 2.52 bits per heavy atom. The van der Waals surface area contributed by atoms with E-state index in [0.717, 1.165) is 6.07 Å². The summed E-state index contributed by atoms with van der Waals surface area (Å²) >= 11 is 0. The van der Waals surface area contributed by atoms with E-state index in [9.17, 15) is 29.6 Å². The third-order valence-electron chi connectivity index (χ3n) is 5.33. The molecule has 1 N–H and O–H groups in total. The number of ether oxygens (including phenoxy) is 2. The number of nitrogens with one attached hydrogen (secondary N) is 1. The first-order valence-electron chi connectivity index (χ1n) is 8.87. The van der Waals surface area contributed by atoms with Crippen molar-refractivity contribution >= 4 is 23.3 Å². The van der Waals surface area contributed by atoms with Crippen LogP contribution in [0, 0.1) is 22.0 Å². The molecule has 10 nitrogen and oxygen atoms in total. The van der Waals surface area contributed by atoms with Crippen LogP contribution in [0.3, 0.4) is 0 Å². The molecule has 1 aliphatic heterocycles. The number of amides is 1. The lowest BCUT2D eigenvalue weighted by Gasteiger charge is -2.36. The zero-order valence-corrected chi connectivity index (χ0v) is 16.0. The summed E-state index contributed by atoms with van der Waals surface area (Å²) in [6.45, 7) is 1.71. The normalized spacial score (nSPS) is 23.9. The predicted molar refractivity (Wildman–Crippen MR) is 95.9 cm³/mol. The summed E-state index contributed by atoms with van der Waals surface area (Å²) in [6.07, 6.45) is 0.104. The molecule has 1 heterocycles. The smallest absolute Gasteiger partial charge is 0.316 e.